The van der Waals surface area contributed by atoms with Gasteiger partial charge in [-0.2, -0.15) is 0 Å². The number of carbonyl (C=O) groups excluding carboxylic acids is 3. The van der Waals surface area contributed by atoms with E-state index in [1.807, 2.05) is 24.3 Å². The van der Waals surface area contributed by atoms with Crippen molar-refractivity contribution in [2.45, 2.75) is 105 Å². The van der Waals surface area contributed by atoms with Crippen molar-refractivity contribution in [3.63, 3.8) is 0 Å². The van der Waals surface area contributed by atoms with Crippen molar-refractivity contribution >= 4 is 17.7 Å². The van der Waals surface area contributed by atoms with E-state index in [1.54, 1.807) is 12.1 Å². The second-order valence-electron chi connectivity index (χ2n) is 14.3. The van der Waals surface area contributed by atoms with E-state index in [4.69, 9.17) is 15.9 Å². The lowest BCUT2D eigenvalue weighted by molar-refractivity contribution is -0.149. The largest absolute Gasteiger partial charge is 0.462 e. The molecule has 0 saturated heterocycles. The van der Waals surface area contributed by atoms with Crippen LogP contribution in [-0.2, 0) is 19.1 Å². The SMILES string of the molecule is C#C[C@H](CC[C@@H](OC(=O)c1ccccc1)C(C)C)[C@H]1CCC2C3C(=O)C=C4C[C@@H](OC(C)=O)CC[C@]4(C)C3CC[C@@]21C. The van der Waals surface area contributed by atoms with Crippen LogP contribution in [0.2, 0.25) is 0 Å². The molecule has 9 atom stereocenters. The number of hydrogen-bond acceptors (Lipinski definition) is 5. The molecule has 5 heteroatoms. The van der Waals surface area contributed by atoms with E-state index in [0.717, 1.165) is 51.4 Å². The highest BCUT2D eigenvalue weighted by molar-refractivity contribution is 5.94. The number of terminal acetylenes is 1. The summed E-state index contributed by atoms with van der Waals surface area (Å²) in [6.45, 7) is 10.4. The Bertz CT molecular complexity index is 1260. The van der Waals surface area contributed by atoms with Crippen LogP contribution in [0.25, 0.3) is 0 Å². The minimum absolute atomic E-state index is 0.00667. The van der Waals surface area contributed by atoms with Crippen molar-refractivity contribution in [1.82, 2.24) is 0 Å². The smallest absolute Gasteiger partial charge is 0.338 e. The molecule has 0 heterocycles. The van der Waals surface area contributed by atoms with Gasteiger partial charge in [-0.05, 0) is 104 Å². The molecule has 3 saturated carbocycles. The van der Waals surface area contributed by atoms with E-state index < -0.39 is 0 Å². The maximum absolute atomic E-state index is 13.8. The molecule has 0 bridgehead atoms. The molecule has 5 rings (SSSR count). The van der Waals surface area contributed by atoms with E-state index in [0.29, 0.717) is 29.7 Å². The van der Waals surface area contributed by atoms with Gasteiger partial charge in [-0.1, -0.05) is 51.5 Å². The number of benzene rings is 1. The van der Waals surface area contributed by atoms with Crippen LogP contribution in [-0.4, -0.2) is 29.9 Å². The fraction of sp³-hybridized carbons (Fsp3) is 0.649. The molecule has 0 radical (unpaired) electrons. The normalized spacial score (nSPS) is 35.1. The summed E-state index contributed by atoms with van der Waals surface area (Å²) >= 11 is 0. The van der Waals surface area contributed by atoms with Gasteiger partial charge in [-0.3, -0.25) is 9.59 Å². The lowest BCUT2D eigenvalue weighted by Crippen LogP contribution is -2.54. The van der Waals surface area contributed by atoms with Gasteiger partial charge >= 0.3 is 11.9 Å². The van der Waals surface area contributed by atoms with Crippen molar-refractivity contribution in [2.75, 3.05) is 0 Å². The predicted octanol–water partition coefficient (Wildman–Crippen LogP) is 7.59. The molecule has 0 amide bonds. The third-order valence-corrected chi connectivity index (χ3v) is 11.8. The lowest BCUT2D eigenvalue weighted by atomic mass is 9.46. The zero-order valence-electron chi connectivity index (χ0n) is 26.1. The molecule has 3 fully saturated rings. The number of ketones is 1. The Morgan fingerprint density at radius 1 is 1.02 bits per heavy atom. The number of carbonyl (C=O) groups is 3. The molecule has 0 spiro atoms. The Morgan fingerprint density at radius 3 is 2.43 bits per heavy atom. The third kappa shape index (κ3) is 5.59. The summed E-state index contributed by atoms with van der Waals surface area (Å²) in [6.07, 6.45) is 16.1. The molecule has 3 unspecified atom stereocenters. The summed E-state index contributed by atoms with van der Waals surface area (Å²) < 4.78 is 11.5. The first-order valence-corrected chi connectivity index (χ1v) is 16.1. The first-order valence-electron chi connectivity index (χ1n) is 16.1. The Kier molecular flexibility index (Phi) is 8.75. The topological polar surface area (TPSA) is 69.7 Å². The molecule has 4 aliphatic carbocycles. The van der Waals surface area contributed by atoms with Gasteiger partial charge in [0.1, 0.15) is 12.2 Å². The fourth-order valence-corrected chi connectivity index (χ4v) is 9.46. The van der Waals surface area contributed by atoms with Crippen LogP contribution >= 0.6 is 0 Å². The van der Waals surface area contributed by atoms with Crippen molar-refractivity contribution in [3.05, 3.63) is 47.5 Å². The van der Waals surface area contributed by atoms with Gasteiger partial charge in [0.05, 0.1) is 5.56 Å². The first kappa shape index (κ1) is 30.6. The Balaban J connectivity index is 1.29. The van der Waals surface area contributed by atoms with Gasteiger partial charge in [-0.25, -0.2) is 4.79 Å². The lowest BCUT2D eigenvalue weighted by Gasteiger charge is -2.57. The van der Waals surface area contributed by atoms with E-state index >= 15 is 0 Å². The standard InChI is InChI=1S/C37H48O5/c1-7-25(13-16-33(23(2)3)42-35(40)26-11-9-8-10-12-26)29-14-15-30-34-31(18-20-37(29,30)6)36(5)19-17-28(41-24(4)38)21-27(36)22-32(34)39/h1,8-12,22-23,25,28-31,33-34H,13-21H2,2-6H3/t25-,28+,29-,30?,31?,33-,34?,36+,37-/m1/s1. The Hall–Kier alpha value is -2.87. The van der Waals surface area contributed by atoms with Crippen LogP contribution in [0.15, 0.2) is 42.0 Å². The van der Waals surface area contributed by atoms with Gasteiger partial charge < -0.3 is 9.47 Å². The minimum Gasteiger partial charge on any atom is -0.462 e. The van der Waals surface area contributed by atoms with Gasteiger partial charge in [0, 0.05) is 25.2 Å². The van der Waals surface area contributed by atoms with Gasteiger partial charge in [0.15, 0.2) is 5.78 Å². The zero-order valence-corrected chi connectivity index (χ0v) is 26.1. The summed E-state index contributed by atoms with van der Waals surface area (Å²) in [4.78, 5) is 38.2. The number of fused-ring (bicyclic) bond motifs is 5. The first-order chi connectivity index (χ1) is 20.0. The highest BCUT2D eigenvalue weighted by Crippen LogP contribution is 2.66. The molecule has 1 aromatic rings. The second kappa shape index (κ2) is 12.0. The summed E-state index contributed by atoms with van der Waals surface area (Å²) in [7, 11) is 0. The summed E-state index contributed by atoms with van der Waals surface area (Å²) in [5, 5.41) is 0. The number of esters is 2. The molecule has 42 heavy (non-hydrogen) atoms. The molecule has 0 N–H and O–H groups in total. The van der Waals surface area contributed by atoms with Crippen LogP contribution in [0.3, 0.4) is 0 Å². The number of allylic oxidation sites excluding steroid dienone is 1. The van der Waals surface area contributed by atoms with E-state index in [2.05, 4.69) is 33.6 Å². The molecule has 1 aromatic carbocycles. The molecule has 226 valence electrons. The van der Waals surface area contributed by atoms with Crippen LogP contribution < -0.4 is 0 Å². The van der Waals surface area contributed by atoms with Crippen molar-refractivity contribution in [2.24, 2.45) is 46.3 Å². The monoisotopic (exact) mass is 572 g/mol. The zero-order chi connectivity index (χ0) is 30.2. The molecule has 0 aromatic heterocycles. The average molecular weight is 573 g/mol. The molecular formula is C37H48O5. The fourth-order valence-electron chi connectivity index (χ4n) is 9.46. The Morgan fingerprint density at radius 2 is 1.76 bits per heavy atom. The van der Waals surface area contributed by atoms with Crippen LogP contribution in [0.5, 0.6) is 0 Å². The highest BCUT2D eigenvalue weighted by atomic mass is 16.5. The molecule has 4 aliphatic rings. The average Bonchev–Trinajstić information content (AvgIpc) is 3.30. The predicted molar refractivity (Wildman–Crippen MR) is 163 cm³/mol. The summed E-state index contributed by atoms with van der Waals surface area (Å²) in [5.41, 5.74) is 1.78. The summed E-state index contributed by atoms with van der Waals surface area (Å²) in [6, 6.07) is 9.17. The molecular weight excluding hydrogens is 524 g/mol. The summed E-state index contributed by atoms with van der Waals surface area (Å²) in [5.74, 6) is 4.27. The van der Waals surface area contributed by atoms with Crippen molar-refractivity contribution in [3.8, 4) is 12.3 Å². The van der Waals surface area contributed by atoms with E-state index in [-0.39, 0.29) is 58.5 Å². The third-order valence-electron chi connectivity index (χ3n) is 11.8. The number of rotatable bonds is 8. The molecule has 5 nitrogen and oxygen atoms in total. The van der Waals surface area contributed by atoms with Gasteiger partial charge in [0.25, 0.3) is 0 Å². The maximum atomic E-state index is 13.8. The van der Waals surface area contributed by atoms with Crippen LogP contribution in [0, 0.1) is 58.7 Å². The number of hydrogen-bond donors (Lipinski definition) is 0. The van der Waals surface area contributed by atoms with Crippen LogP contribution in [0.1, 0.15) is 103 Å². The molecule has 0 aliphatic heterocycles. The van der Waals surface area contributed by atoms with Crippen molar-refractivity contribution < 1.29 is 23.9 Å². The van der Waals surface area contributed by atoms with Crippen LogP contribution in [0.4, 0.5) is 0 Å². The number of ether oxygens (including phenoxy) is 2. The van der Waals surface area contributed by atoms with E-state index in [9.17, 15) is 14.4 Å². The van der Waals surface area contributed by atoms with Gasteiger partial charge in [0.2, 0.25) is 0 Å². The van der Waals surface area contributed by atoms with Gasteiger partial charge in [-0.15, -0.1) is 12.3 Å². The maximum Gasteiger partial charge on any atom is 0.338 e. The van der Waals surface area contributed by atoms with Crippen molar-refractivity contribution in [1.29, 1.82) is 0 Å². The Labute approximate surface area is 252 Å². The highest BCUT2D eigenvalue weighted by Gasteiger charge is 2.61. The van der Waals surface area contributed by atoms with E-state index in [1.165, 1.54) is 12.5 Å². The quantitative estimate of drug-likeness (QED) is 0.237. The second-order valence-corrected chi connectivity index (χ2v) is 14.3. The minimum atomic E-state index is -0.281.